The largest absolute Gasteiger partial charge is 0.264 e. The third-order valence-corrected chi connectivity index (χ3v) is 2.69. The molecular weight excluding hydrogens is 194 g/mol. The van der Waals surface area contributed by atoms with E-state index in [2.05, 4.69) is 41.9 Å². The van der Waals surface area contributed by atoms with Crippen molar-refractivity contribution >= 4 is 0 Å². The lowest BCUT2D eigenvalue weighted by atomic mass is 9.93. The molecule has 2 rings (SSSR count). The molecule has 1 aromatic heterocycles. The van der Waals surface area contributed by atoms with E-state index < -0.39 is 0 Å². The number of nitrogens with zero attached hydrogens (tertiary/aromatic N) is 1. The third kappa shape index (κ3) is 2.57. The fourth-order valence-corrected chi connectivity index (χ4v) is 1.81. The highest BCUT2D eigenvalue weighted by molar-refractivity contribution is 5.26. The number of pyridine rings is 1. The Hall–Kier alpha value is -1.89. The van der Waals surface area contributed by atoms with Crippen LogP contribution >= 0.6 is 0 Å². The fourth-order valence-electron chi connectivity index (χ4n) is 1.81. The van der Waals surface area contributed by atoms with Gasteiger partial charge in [-0.05, 0) is 23.6 Å². The van der Waals surface area contributed by atoms with E-state index in [4.69, 9.17) is 0 Å². The molecule has 0 saturated carbocycles. The van der Waals surface area contributed by atoms with Crippen LogP contribution in [-0.4, -0.2) is 4.98 Å². The Morgan fingerprint density at radius 3 is 2.56 bits per heavy atom. The highest BCUT2D eigenvalue weighted by atomic mass is 14.6. The van der Waals surface area contributed by atoms with Crippen molar-refractivity contribution < 1.29 is 0 Å². The topological polar surface area (TPSA) is 12.9 Å². The van der Waals surface area contributed by atoms with Crippen LogP contribution in [-0.2, 0) is 6.42 Å². The lowest BCUT2D eigenvalue weighted by Crippen LogP contribution is -1.99. The van der Waals surface area contributed by atoms with Crippen LogP contribution in [0.3, 0.4) is 0 Å². The van der Waals surface area contributed by atoms with E-state index in [1.807, 2.05) is 24.4 Å². The van der Waals surface area contributed by atoms with Gasteiger partial charge in [-0.3, -0.25) is 4.98 Å². The van der Waals surface area contributed by atoms with E-state index in [1.165, 1.54) is 11.1 Å². The Labute approximate surface area is 96.5 Å². The number of rotatable bonds is 4. The number of allylic oxidation sites excluding steroid dienone is 1. The molecule has 1 nitrogen and oxygen atoms in total. The first-order chi connectivity index (χ1) is 7.90. The van der Waals surface area contributed by atoms with Gasteiger partial charge in [-0.1, -0.05) is 42.5 Å². The van der Waals surface area contributed by atoms with E-state index in [-0.39, 0.29) is 0 Å². The van der Waals surface area contributed by atoms with Crippen LogP contribution in [0.1, 0.15) is 17.0 Å². The second-order valence-corrected chi connectivity index (χ2v) is 3.82. The van der Waals surface area contributed by atoms with E-state index in [0.29, 0.717) is 5.92 Å². The van der Waals surface area contributed by atoms with Crippen LogP contribution < -0.4 is 0 Å². The normalized spacial score (nSPS) is 12.0. The van der Waals surface area contributed by atoms with Crippen molar-refractivity contribution in [3.8, 4) is 0 Å². The monoisotopic (exact) mass is 209 g/mol. The molecule has 2 aromatic rings. The molecule has 0 amide bonds. The highest BCUT2D eigenvalue weighted by Gasteiger charge is 2.07. The highest BCUT2D eigenvalue weighted by Crippen LogP contribution is 2.21. The first-order valence-corrected chi connectivity index (χ1v) is 5.46. The number of aromatic nitrogens is 1. The van der Waals surface area contributed by atoms with E-state index >= 15 is 0 Å². The molecule has 16 heavy (non-hydrogen) atoms. The standard InChI is InChI=1S/C15H15N/c1-2-14(15-8-4-3-5-9-15)11-13-7-6-10-16-12-13/h2-10,12,14H,1,11H2. The molecule has 1 aromatic carbocycles. The predicted octanol–water partition coefficient (Wildman–Crippen LogP) is 3.59. The van der Waals surface area contributed by atoms with Gasteiger partial charge in [0.1, 0.15) is 0 Å². The zero-order valence-corrected chi connectivity index (χ0v) is 9.21. The first-order valence-electron chi connectivity index (χ1n) is 5.46. The first kappa shape index (κ1) is 10.6. The van der Waals surface area contributed by atoms with Gasteiger partial charge in [0.25, 0.3) is 0 Å². The summed E-state index contributed by atoms with van der Waals surface area (Å²) in [6.07, 6.45) is 6.68. The van der Waals surface area contributed by atoms with Crippen molar-refractivity contribution in [1.29, 1.82) is 0 Å². The van der Waals surface area contributed by atoms with Crippen molar-refractivity contribution in [3.05, 3.63) is 78.6 Å². The van der Waals surface area contributed by atoms with Crippen molar-refractivity contribution in [2.45, 2.75) is 12.3 Å². The number of hydrogen-bond donors (Lipinski definition) is 0. The maximum absolute atomic E-state index is 4.13. The molecule has 0 aliphatic heterocycles. The van der Waals surface area contributed by atoms with Crippen molar-refractivity contribution in [3.63, 3.8) is 0 Å². The zero-order chi connectivity index (χ0) is 11.2. The zero-order valence-electron chi connectivity index (χ0n) is 9.21. The Kier molecular flexibility index (Phi) is 3.50. The predicted molar refractivity (Wildman–Crippen MR) is 67.3 cm³/mol. The second-order valence-electron chi connectivity index (χ2n) is 3.82. The summed E-state index contributed by atoms with van der Waals surface area (Å²) in [4.78, 5) is 4.13. The molecule has 1 heterocycles. The molecule has 0 saturated heterocycles. The molecule has 0 bridgehead atoms. The van der Waals surface area contributed by atoms with Gasteiger partial charge in [-0.2, -0.15) is 0 Å². The minimum Gasteiger partial charge on any atom is -0.264 e. The van der Waals surface area contributed by atoms with Crippen LogP contribution in [0.5, 0.6) is 0 Å². The lowest BCUT2D eigenvalue weighted by molar-refractivity contribution is 0.833. The summed E-state index contributed by atoms with van der Waals surface area (Å²) in [7, 11) is 0. The van der Waals surface area contributed by atoms with Gasteiger partial charge in [0.05, 0.1) is 0 Å². The molecule has 0 N–H and O–H groups in total. The summed E-state index contributed by atoms with van der Waals surface area (Å²) < 4.78 is 0. The van der Waals surface area contributed by atoms with Gasteiger partial charge in [-0.25, -0.2) is 0 Å². The lowest BCUT2D eigenvalue weighted by Gasteiger charge is -2.12. The maximum Gasteiger partial charge on any atom is 0.0300 e. The third-order valence-electron chi connectivity index (χ3n) is 2.69. The Balaban J connectivity index is 2.16. The average molecular weight is 209 g/mol. The molecule has 1 heteroatoms. The van der Waals surface area contributed by atoms with Crippen molar-refractivity contribution in [2.24, 2.45) is 0 Å². The van der Waals surface area contributed by atoms with Crippen LogP contribution in [0, 0.1) is 0 Å². The molecule has 0 spiro atoms. The van der Waals surface area contributed by atoms with Gasteiger partial charge in [-0.15, -0.1) is 6.58 Å². The van der Waals surface area contributed by atoms with Gasteiger partial charge < -0.3 is 0 Å². The summed E-state index contributed by atoms with van der Waals surface area (Å²) in [6.45, 7) is 3.91. The van der Waals surface area contributed by atoms with E-state index in [0.717, 1.165) is 6.42 Å². The molecule has 0 radical (unpaired) electrons. The van der Waals surface area contributed by atoms with Crippen LogP contribution in [0.2, 0.25) is 0 Å². The minimum absolute atomic E-state index is 0.366. The van der Waals surface area contributed by atoms with Crippen molar-refractivity contribution in [2.75, 3.05) is 0 Å². The van der Waals surface area contributed by atoms with Crippen LogP contribution in [0.4, 0.5) is 0 Å². The van der Waals surface area contributed by atoms with Gasteiger partial charge in [0, 0.05) is 18.3 Å². The summed E-state index contributed by atoms with van der Waals surface area (Å²) in [5.41, 5.74) is 2.55. The molecule has 1 atom stereocenters. The van der Waals surface area contributed by atoms with Gasteiger partial charge in [0.15, 0.2) is 0 Å². The maximum atomic E-state index is 4.13. The summed E-state index contributed by atoms with van der Waals surface area (Å²) in [5.74, 6) is 0.366. The summed E-state index contributed by atoms with van der Waals surface area (Å²) >= 11 is 0. The Bertz CT molecular complexity index is 434. The second kappa shape index (κ2) is 5.26. The smallest absolute Gasteiger partial charge is 0.0300 e. The molecule has 0 aliphatic rings. The quantitative estimate of drug-likeness (QED) is 0.701. The number of hydrogen-bond acceptors (Lipinski definition) is 1. The van der Waals surface area contributed by atoms with E-state index in [1.54, 1.807) is 6.20 Å². The molecular formula is C15H15N. The summed E-state index contributed by atoms with van der Waals surface area (Å²) in [5, 5.41) is 0. The molecule has 0 fully saturated rings. The molecule has 1 unspecified atom stereocenters. The number of benzene rings is 1. The average Bonchev–Trinajstić information content (AvgIpc) is 2.38. The van der Waals surface area contributed by atoms with Crippen molar-refractivity contribution in [1.82, 2.24) is 4.98 Å². The molecule has 80 valence electrons. The summed E-state index contributed by atoms with van der Waals surface area (Å²) in [6, 6.07) is 14.5. The Morgan fingerprint density at radius 2 is 1.94 bits per heavy atom. The van der Waals surface area contributed by atoms with Gasteiger partial charge in [0.2, 0.25) is 0 Å². The van der Waals surface area contributed by atoms with Crippen LogP contribution in [0.25, 0.3) is 0 Å². The Morgan fingerprint density at radius 1 is 1.12 bits per heavy atom. The molecule has 0 aliphatic carbocycles. The minimum atomic E-state index is 0.366. The fraction of sp³-hybridized carbons (Fsp3) is 0.133. The van der Waals surface area contributed by atoms with Crippen LogP contribution in [0.15, 0.2) is 67.5 Å². The van der Waals surface area contributed by atoms with Gasteiger partial charge >= 0.3 is 0 Å². The SMILES string of the molecule is C=CC(Cc1cccnc1)c1ccccc1. The van der Waals surface area contributed by atoms with E-state index in [9.17, 15) is 0 Å².